The second-order valence-corrected chi connectivity index (χ2v) is 12.2. The van der Waals surface area contributed by atoms with Gasteiger partial charge in [0.05, 0.1) is 11.6 Å². The summed E-state index contributed by atoms with van der Waals surface area (Å²) in [5.41, 5.74) is 7.50. The van der Waals surface area contributed by atoms with Crippen LogP contribution in [0.4, 0.5) is 0 Å². The van der Waals surface area contributed by atoms with Gasteiger partial charge in [-0.3, -0.25) is 0 Å². The van der Waals surface area contributed by atoms with E-state index in [0.29, 0.717) is 0 Å². The summed E-state index contributed by atoms with van der Waals surface area (Å²) in [7, 11) is 0. The van der Waals surface area contributed by atoms with Gasteiger partial charge in [0.25, 0.3) is 0 Å². The van der Waals surface area contributed by atoms with Crippen LogP contribution in [0.3, 0.4) is 0 Å². The van der Waals surface area contributed by atoms with Gasteiger partial charge in [-0.05, 0) is 68.6 Å². The zero-order chi connectivity index (χ0) is 28.1. The summed E-state index contributed by atoms with van der Waals surface area (Å²) in [6, 6.07) is 45.8. The van der Waals surface area contributed by atoms with Crippen molar-refractivity contribution in [3.05, 3.63) is 134 Å². The lowest BCUT2D eigenvalue weighted by Gasteiger charge is -2.18. The largest absolute Gasteiger partial charge is 0.464 e. The van der Waals surface area contributed by atoms with Gasteiger partial charge in [-0.1, -0.05) is 97.1 Å². The molecular formula is C40H22O2S. The van der Waals surface area contributed by atoms with Crippen LogP contribution in [0.1, 0.15) is 0 Å². The molecule has 0 fully saturated rings. The summed E-state index contributed by atoms with van der Waals surface area (Å²) in [4.78, 5) is 0. The summed E-state index contributed by atoms with van der Waals surface area (Å²) in [5, 5.41) is 10.8. The van der Waals surface area contributed by atoms with E-state index in [4.69, 9.17) is 8.83 Å². The van der Waals surface area contributed by atoms with Gasteiger partial charge in [0.15, 0.2) is 0 Å². The third-order valence-corrected chi connectivity index (χ3v) is 10.2. The quantitative estimate of drug-likeness (QED) is 0.195. The first-order chi connectivity index (χ1) is 21.3. The van der Waals surface area contributed by atoms with Gasteiger partial charge in [-0.2, -0.15) is 0 Å². The molecule has 43 heavy (non-hydrogen) atoms. The molecule has 10 rings (SSSR count). The summed E-state index contributed by atoms with van der Waals surface area (Å²) in [6.45, 7) is 0. The molecule has 2 nitrogen and oxygen atoms in total. The number of rotatable bonds is 2. The van der Waals surface area contributed by atoms with Crippen LogP contribution in [-0.2, 0) is 0 Å². The molecule has 0 spiro atoms. The molecule has 7 aromatic carbocycles. The van der Waals surface area contributed by atoms with Crippen LogP contribution in [0, 0.1) is 0 Å². The Labute approximate surface area is 250 Å². The van der Waals surface area contributed by atoms with E-state index in [0.717, 1.165) is 38.5 Å². The number of hydrogen-bond donors (Lipinski definition) is 0. The minimum Gasteiger partial charge on any atom is -0.464 e. The minimum atomic E-state index is 0.839. The first kappa shape index (κ1) is 23.2. The molecule has 3 aromatic heterocycles. The Bertz CT molecular complexity index is 2680. The lowest BCUT2D eigenvalue weighted by Crippen LogP contribution is -1.91. The Balaban J connectivity index is 1.39. The van der Waals surface area contributed by atoms with Crippen LogP contribution in [-0.4, -0.2) is 0 Å². The molecule has 0 bridgehead atoms. The van der Waals surface area contributed by atoms with E-state index < -0.39 is 0 Å². The Morgan fingerprint density at radius 3 is 1.81 bits per heavy atom. The van der Waals surface area contributed by atoms with E-state index in [2.05, 4.69) is 121 Å². The number of hydrogen-bond acceptors (Lipinski definition) is 3. The van der Waals surface area contributed by atoms with Crippen molar-refractivity contribution in [3.8, 4) is 22.3 Å². The monoisotopic (exact) mass is 566 g/mol. The highest BCUT2D eigenvalue weighted by atomic mass is 32.1. The predicted octanol–water partition coefficient (Wildman–Crippen LogP) is 12.3. The van der Waals surface area contributed by atoms with Gasteiger partial charge in [0.2, 0.25) is 0 Å². The predicted molar refractivity (Wildman–Crippen MR) is 182 cm³/mol. The summed E-state index contributed by atoms with van der Waals surface area (Å²) >= 11 is 1.88. The van der Waals surface area contributed by atoms with Crippen LogP contribution in [0.2, 0.25) is 0 Å². The first-order valence-electron chi connectivity index (χ1n) is 14.5. The molecule has 0 aliphatic carbocycles. The number of benzene rings is 7. The molecule has 0 aliphatic rings. The van der Waals surface area contributed by atoms with Crippen LogP contribution in [0.15, 0.2) is 142 Å². The average Bonchev–Trinajstić information content (AvgIpc) is 3.78. The van der Waals surface area contributed by atoms with Crippen molar-refractivity contribution in [1.29, 1.82) is 0 Å². The van der Waals surface area contributed by atoms with Gasteiger partial charge in [-0.25, -0.2) is 0 Å². The van der Waals surface area contributed by atoms with Gasteiger partial charge in [0.1, 0.15) is 16.7 Å². The van der Waals surface area contributed by atoms with Crippen molar-refractivity contribution in [2.75, 3.05) is 0 Å². The summed E-state index contributed by atoms with van der Waals surface area (Å²) in [6.07, 6.45) is 1.76. The number of fused-ring (bicyclic) bond motifs is 10. The van der Waals surface area contributed by atoms with Gasteiger partial charge in [0, 0.05) is 36.5 Å². The van der Waals surface area contributed by atoms with Crippen LogP contribution in [0.25, 0.3) is 96.9 Å². The van der Waals surface area contributed by atoms with Crippen molar-refractivity contribution in [2.45, 2.75) is 0 Å². The molecule has 0 amide bonds. The molecule has 0 radical (unpaired) electrons. The van der Waals surface area contributed by atoms with Crippen molar-refractivity contribution in [3.63, 3.8) is 0 Å². The normalized spacial score (nSPS) is 12.2. The lowest BCUT2D eigenvalue weighted by atomic mass is 9.84. The number of furan rings is 2. The Hall–Kier alpha value is -5.38. The van der Waals surface area contributed by atoms with Crippen LogP contribution in [0.5, 0.6) is 0 Å². The Morgan fingerprint density at radius 1 is 0.442 bits per heavy atom. The Kier molecular flexibility index (Phi) is 4.63. The maximum Gasteiger partial charge on any atom is 0.145 e. The lowest BCUT2D eigenvalue weighted by molar-refractivity contribution is 0.618. The maximum atomic E-state index is 6.43. The molecule has 10 aromatic rings. The molecule has 0 unspecified atom stereocenters. The molecule has 0 aliphatic heterocycles. The number of thiophene rings is 1. The third-order valence-electron chi connectivity index (χ3n) is 8.95. The molecular weight excluding hydrogens is 545 g/mol. The molecule has 0 saturated heterocycles. The van der Waals surface area contributed by atoms with Crippen molar-refractivity contribution < 1.29 is 8.83 Å². The molecule has 0 atom stereocenters. The smallest absolute Gasteiger partial charge is 0.145 e. The van der Waals surface area contributed by atoms with E-state index >= 15 is 0 Å². The standard InChI is InChI=1S/C40H22O2S/c1-3-12-27-25(10-1)35(30-15-8-17-32-37(30)38-33(42-32)20-19-23-21-22-41-39(23)38)26-11-2-4-13-28(26)36(27)31-16-7-14-29-24-9-5-6-18-34(24)43-40(29)31/h1-22H. The zero-order valence-electron chi connectivity index (χ0n) is 22.9. The minimum absolute atomic E-state index is 0.839. The highest BCUT2D eigenvalue weighted by Crippen LogP contribution is 2.50. The molecule has 3 heterocycles. The molecule has 200 valence electrons. The van der Waals surface area contributed by atoms with E-state index in [9.17, 15) is 0 Å². The van der Waals surface area contributed by atoms with E-state index in [1.54, 1.807) is 6.26 Å². The first-order valence-corrected chi connectivity index (χ1v) is 15.3. The van der Waals surface area contributed by atoms with Crippen LogP contribution >= 0.6 is 11.3 Å². The second kappa shape index (κ2) is 8.57. The fourth-order valence-corrected chi connectivity index (χ4v) is 8.41. The van der Waals surface area contributed by atoms with Gasteiger partial charge in [-0.15, -0.1) is 11.3 Å². The van der Waals surface area contributed by atoms with E-state index in [1.165, 1.54) is 58.4 Å². The molecule has 3 heteroatoms. The average molecular weight is 567 g/mol. The molecule has 0 saturated carbocycles. The van der Waals surface area contributed by atoms with Crippen LogP contribution < -0.4 is 0 Å². The highest BCUT2D eigenvalue weighted by molar-refractivity contribution is 7.26. The third kappa shape index (κ3) is 3.12. The summed E-state index contributed by atoms with van der Waals surface area (Å²) in [5.74, 6) is 0. The summed E-state index contributed by atoms with van der Waals surface area (Å²) < 4.78 is 15.1. The highest BCUT2D eigenvalue weighted by Gasteiger charge is 2.22. The van der Waals surface area contributed by atoms with Crippen molar-refractivity contribution >= 4 is 86.0 Å². The zero-order valence-corrected chi connectivity index (χ0v) is 23.7. The molecule has 0 N–H and O–H groups in total. The Morgan fingerprint density at radius 2 is 1.05 bits per heavy atom. The van der Waals surface area contributed by atoms with Gasteiger partial charge >= 0.3 is 0 Å². The van der Waals surface area contributed by atoms with E-state index in [1.807, 2.05) is 17.4 Å². The fourth-order valence-electron chi connectivity index (χ4n) is 7.19. The SMILES string of the molecule is c1cc(-c2c3ccccc3c(-c3cccc4c3sc3ccccc34)c3ccccc23)c2c(c1)oc1ccc3ccoc3c12. The van der Waals surface area contributed by atoms with Crippen molar-refractivity contribution in [2.24, 2.45) is 0 Å². The van der Waals surface area contributed by atoms with Gasteiger partial charge < -0.3 is 8.83 Å². The van der Waals surface area contributed by atoms with Crippen molar-refractivity contribution in [1.82, 2.24) is 0 Å². The fraction of sp³-hybridized carbons (Fsp3) is 0. The topological polar surface area (TPSA) is 26.3 Å². The second-order valence-electron chi connectivity index (χ2n) is 11.2. The van der Waals surface area contributed by atoms with E-state index in [-0.39, 0.29) is 0 Å². The maximum absolute atomic E-state index is 6.43.